The van der Waals surface area contributed by atoms with E-state index in [0.717, 1.165) is 24.5 Å². The summed E-state index contributed by atoms with van der Waals surface area (Å²) in [5.41, 5.74) is 2.63. The van der Waals surface area contributed by atoms with Gasteiger partial charge in [-0.3, -0.25) is 0 Å². The SMILES string of the molecule is CC(C)C1CCOc2cc(C(C)(C)C)ccc2N1. The van der Waals surface area contributed by atoms with E-state index in [1.165, 1.54) is 5.56 Å². The van der Waals surface area contributed by atoms with Crippen LogP contribution in [0, 0.1) is 5.92 Å². The highest BCUT2D eigenvalue weighted by Gasteiger charge is 2.21. The van der Waals surface area contributed by atoms with Crippen molar-refractivity contribution in [3.63, 3.8) is 0 Å². The second-order valence-electron chi connectivity index (χ2n) is 6.59. The smallest absolute Gasteiger partial charge is 0.142 e. The maximum Gasteiger partial charge on any atom is 0.142 e. The number of fused-ring (bicyclic) bond motifs is 1. The topological polar surface area (TPSA) is 21.3 Å². The molecule has 0 radical (unpaired) electrons. The maximum atomic E-state index is 5.90. The van der Waals surface area contributed by atoms with Gasteiger partial charge in [-0.1, -0.05) is 40.7 Å². The fourth-order valence-corrected chi connectivity index (χ4v) is 2.30. The van der Waals surface area contributed by atoms with Crippen LogP contribution in [-0.2, 0) is 5.41 Å². The van der Waals surface area contributed by atoms with Gasteiger partial charge in [0.2, 0.25) is 0 Å². The summed E-state index contributed by atoms with van der Waals surface area (Å²) in [6, 6.07) is 7.06. The maximum absolute atomic E-state index is 5.90. The van der Waals surface area contributed by atoms with Crippen LogP contribution in [0.2, 0.25) is 0 Å². The number of benzene rings is 1. The standard InChI is InChI=1S/C16H25NO/c1-11(2)13-8-9-18-15-10-12(16(3,4)5)6-7-14(15)17-13/h6-7,10-11,13,17H,8-9H2,1-5H3. The number of hydrogen-bond acceptors (Lipinski definition) is 2. The van der Waals surface area contributed by atoms with Gasteiger partial charge in [-0.25, -0.2) is 0 Å². The minimum absolute atomic E-state index is 0.169. The molecule has 1 N–H and O–H groups in total. The van der Waals surface area contributed by atoms with Crippen molar-refractivity contribution < 1.29 is 4.74 Å². The molecule has 1 unspecified atom stereocenters. The van der Waals surface area contributed by atoms with E-state index >= 15 is 0 Å². The first kappa shape index (κ1) is 13.3. The predicted octanol–water partition coefficient (Wildman–Crippen LogP) is 4.20. The molecule has 1 aliphatic rings. The lowest BCUT2D eigenvalue weighted by molar-refractivity contribution is 0.300. The molecule has 0 bridgehead atoms. The zero-order valence-corrected chi connectivity index (χ0v) is 12.2. The average molecular weight is 247 g/mol. The van der Waals surface area contributed by atoms with Crippen LogP contribution in [0.25, 0.3) is 0 Å². The van der Waals surface area contributed by atoms with Gasteiger partial charge in [-0.2, -0.15) is 0 Å². The third kappa shape index (κ3) is 2.80. The number of rotatable bonds is 1. The van der Waals surface area contributed by atoms with Gasteiger partial charge in [-0.15, -0.1) is 0 Å². The molecular weight excluding hydrogens is 222 g/mol. The van der Waals surface area contributed by atoms with Crippen LogP contribution in [0.15, 0.2) is 18.2 Å². The quantitative estimate of drug-likeness (QED) is 0.803. The first-order chi connectivity index (χ1) is 8.38. The summed E-state index contributed by atoms with van der Waals surface area (Å²) in [7, 11) is 0. The minimum atomic E-state index is 0.169. The zero-order chi connectivity index (χ0) is 13.3. The summed E-state index contributed by atoms with van der Waals surface area (Å²) in [6.45, 7) is 12.0. The molecular formula is C16H25NO. The minimum Gasteiger partial charge on any atom is -0.491 e. The van der Waals surface area contributed by atoms with Crippen LogP contribution in [-0.4, -0.2) is 12.6 Å². The van der Waals surface area contributed by atoms with Gasteiger partial charge in [0.05, 0.1) is 12.3 Å². The van der Waals surface area contributed by atoms with Crippen LogP contribution in [0.4, 0.5) is 5.69 Å². The van der Waals surface area contributed by atoms with Gasteiger partial charge in [0.15, 0.2) is 0 Å². The Morgan fingerprint density at radius 2 is 2.00 bits per heavy atom. The molecule has 100 valence electrons. The van der Waals surface area contributed by atoms with Gasteiger partial charge in [0.1, 0.15) is 5.75 Å². The van der Waals surface area contributed by atoms with Crippen molar-refractivity contribution in [1.29, 1.82) is 0 Å². The van der Waals surface area contributed by atoms with Gasteiger partial charge in [0, 0.05) is 12.5 Å². The van der Waals surface area contributed by atoms with Gasteiger partial charge in [0.25, 0.3) is 0 Å². The van der Waals surface area contributed by atoms with Crippen LogP contribution >= 0.6 is 0 Å². The number of ether oxygens (including phenoxy) is 1. The van der Waals surface area contributed by atoms with Gasteiger partial charge >= 0.3 is 0 Å². The summed E-state index contributed by atoms with van der Waals surface area (Å²) in [6.07, 6.45) is 1.07. The average Bonchev–Trinajstić information content (AvgIpc) is 2.48. The summed E-state index contributed by atoms with van der Waals surface area (Å²) in [5.74, 6) is 1.63. The van der Waals surface area contributed by atoms with Crippen LogP contribution in [0.3, 0.4) is 0 Å². The second-order valence-corrected chi connectivity index (χ2v) is 6.59. The van der Waals surface area contributed by atoms with Crippen molar-refractivity contribution >= 4 is 5.69 Å². The molecule has 0 spiro atoms. The van der Waals surface area contributed by atoms with E-state index in [-0.39, 0.29) is 5.41 Å². The molecule has 2 nitrogen and oxygen atoms in total. The van der Waals surface area contributed by atoms with E-state index in [2.05, 4.69) is 58.1 Å². The van der Waals surface area contributed by atoms with E-state index < -0.39 is 0 Å². The Morgan fingerprint density at radius 1 is 1.28 bits per heavy atom. The number of anilines is 1. The Balaban J connectivity index is 2.30. The molecule has 1 atom stereocenters. The molecule has 0 aromatic heterocycles. The Labute approximate surface area is 111 Å². The first-order valence-electron chi connectivity index (χ1n) is 6.92. The van der Waals surface area contributed by atoms with Crippen LogP contribution in [0.5, 0.6) is 5.75 Å². The molecule has 0 saturated heterocycles. The van der Waals surface area contributed by atoms with E-state index in [4.69, 9.17) is 4.74 Å². The second kappa shape index (κ2) is 4.83. The van der Waals surface area contributed by atoms with Crippen molar-refractivity contribution in [2.45, 2.75) is 52.5 Å². The molecule has 0 saturated carbocycles. The lowest BCUT2D eigenvalue weighted by atomic mass is 9.87. The highest BCUT2D eigenvalue weighted by molar-refractivity contribution is 5.59. The van der Waals surface area contributed by atoms with Crippen molar-refractivity contribution in [3.05, 3.63) is 23.8 Å². The van der Waals surface area contributed by atoms with Crippen molar-refractivity contribution in [2.75, 3.05) is 11.9 Å². The molecule has 18 heavy (non-hydrogen) atoms. The van der Waals surface area contributed by atoms with Crippen LogP contribution in [0.1, 0.15) is 46.6 Å². The number of nitrogens with one attached hydrogen (secondary N) is 1. The summed E-state index contributed by atoms with van der Waals surface area (Å²) >= 11 is 0. The third-order valence-corrected chi connectivity index (χ3v) is 3.68. The monoisotopic (exact) mass is 247 g/mol. The third-order valence-electron chi connectivity index (χ3n) is 3.68. The Kier molecular flexibility index (Phi) is 3.56. The van der Waals surface area contributed by atoms with Crippen molar-refractivity contribution in [2.24, 2.45) is 5.92 Å². The van der Waals surface area contributed by atoms with E-state index in [1.807, 2.05) is 0 Å². The van der Waals surface area contributed by atoms with Crippen molar-refractivity contribution in [3.8, 4) is 5.75 Å². The fourth-order valence-electron chi connectivity index (χ4n) is 2.30. The highest BCUT2D eigenvalue weighted by Crippen LogP contribution is 2.34. The molecule has 0 amide bonds. The molecule has 1 aliphatic heterocycles. The normalized spacial score (nSPS) is 19.8. The zero-order valence-electron chi connectivity index (χ0n) is 12.2. The Bertz CT molecular complexity index is 418. The highest BCUT2D eigenvalue weighted by atomic mass is 16.5. The molecule has 0 aliphatic carbocycles. The molecule has 1 aromatic carbocycles. The van der Waals surface area contributed by atoms with Gasteiger partial charge in [-0.05, 0) is 29.0 Å². The summed E-state index contributed by atoms with van der Waals surface area (Å²) in [4.78, 5) is 0. The number of hydrogen-bond donors (Lipinski definition) is 1. The molecule has 1 heterocycles. The molecule has 2 heteroatoms. The lowest BCUT2D eigenvalue weighted by Gasteiger charge is -2.22. The van der Waals surface area contributed by atoms with E-state index in [0.29, 0.717) is 12.0 Å². The summed E-state index contributed by atoms with van der Waals surface area (Å²) < 4.78 is 5.90. The largest absolute Gasteiger partial charge is 0.491 e. The van der Waals surface area contributed by atoms with E-state index in [9.17, 15) is 0 Å². The van der Waals surface area contributed by atoms with Crippen LogP contribution < -0.4 is 10.1 Å². The molecule has 1 aromatic rings. The lowest BCUT2D eigenvalue weighted by Crippen LogP contribution is -2.25. The fraction of sp³-hybridized carbons (Fsp3) is 0.625. The van der Waals surface area contributed by atoms with Crippen molar-refractivity contribution in [1.82, 2.24) is 0 Å². The summed E-state index contributed by atoms with van der Waals surface area (Å²) in [5, 5.41) is 3.61. The predicted molar refractivity (Wildman–Crippen MR) is 77.5 cm³/mol. The Hall–Kier alpha value is -1.18. The van der Waals surface area contributed by atoms with Gasteiger partial charge < -0.3 is 10.1 Å². The van der Waals surface area contributed by atoms with E-state index in [1.54, 1.807) is 0 Å². The Morgan fingerprint density at radius 3 is 2.61 bits per heavy atom. The molecule has 2 rings (SSSR count). The first-order valence-corrected chi connectivity index (χ1v) is 6.92. The molecule has 0 fully saturated rings.